The summed E-state index contributed by atoms with van der Waals surface area (Å²) < 4.78 is 55.6. The van der Waals surface area contributed by atoms with Crippen molar-refractivity contribution >= 4 is 16.1 Å². The third-order valence-electron chi connectivity index (χ3n) is 5.63. The van der Waals surface area contributed by atoms with Gasteiger partial charge in [-0.1, -0.05) is 24.3 Å². The van der Waals surface area contributed by atoms with Gasteiger partial charge in [0.25, 0.3) is 10.0 Å². The maximum absolute atomic E-state index is 13.9. The van der Waals surface area contributed by atoms with E-state index in [1.54, 1.807) is 49.6 Å². The molecule has 0 unspecified atom stereocenters. The molecule has 0 aliphatic carbocycles. The summed E-state index contributed by atoms with van der Waals surface area (Å²) in [6, 6.07) is 12.7. The molecule has 0 saturated heterocycles. The highest BCUT2D eigenvalue weighted by Crippen LogP contribution is 2.29. The number of benzene rings is 2. The summed E-state index contributed by atoms with van der Waals surface area (Å²) in [5.74, 6) is -1.55. The fraction of sp³-hybridized carbons (Fsp3) is 0.148. The number of urea groups is 1. The first-order valence-electron chi connectivity index (χ1n) is 11.3. The Morgan fingerprint density at radius 3 is 2.41 bits per heavy atom. The zero-order chi connectivity index (χ0) is 26.6. The van der Waals surface area contributed by atoms with Gasteiger partial charge in [-0.05, 0) is 67.3 Å². The minimum absolute atomic E-state index is 0.0433. The Bertz CT molecular complexity index is 1540. The summed E-state index contributed by atoms with van der Waals surface area (Å²) in [5.41, 5.74) is 3.34. The first-order chi connectivity index (χ1) is 17.6. The standard InChI is InChI=1S/C27H24F2N4O3S/c1-17-10-20(16-30-15-17)23-7-5-9-31-26(23)24(13-19-11-21(28)14-22(29)12-19)32-27(34)33-37(35,36)25-8-4-3-6-18(25)2/h3-12,14-16,24H,13H2,1-2H3,(H2,32,33,34)/t24-/m0/s1. The molecule has 4 aromatic rings. The smallest absolute Gasteiger partial charge is 0.329 e. The van der Waals surface area contributed by atoms with Crippen LogP contribution >= 0.6 is 0 Å². The fourth-order valence-corrected chi connectivity index (χ4v) is 5.21. The van der Waals surface area contributed by atoms with Crippen molar-refractivity contribution in [1.29, 1.82) is 0 Å². The first kappa shape index (κ1) is 25.9. The zero-order valence-electron chi connectivity index (χ0n) is 20.1. The van der Waals surface area contributed by atoms with Crippen molar-refractivity contribution < 1.29 is 22.0 Å². The Kier molecular flexibility index (Phi) is 7.58. The molecule has 0 saturated carbocycles. The van der Waals surface area contributed by atoms with E-state index in [9.17, 15) is 22.0 Å². The molecule has 0 spiro atoms. The predicted octanol–water partition coefficient (Wildman–Crippen LogP) is 5.01. The number of amides is 2. The third kappa shape index (κ3) is 6.34. The van der Waals surface area contributed by atoms with Gasteiger partial charge in [-0.25, -0.2) is 26.7 Å². The molecule has 2 aromatic heterocycles. The SMILES string of the molecule is Cc1cncc(-c2cccnc2[C@H](Cc2cc(F)cc(F)c2)NC(=O)NS(=O)(=O)c2ccccc2C)c1. The summed E-state index contributed by atoms with van der Waals surface area (Å²) >= 11 is 0. The second-order valence-corrected chi connectivity index (χ2v) is 10.2. The summed E-state index contributed by atoms with van der Waals surface area (Å²) in [4.78, 5) is 21.6. The Balaban J connectivity index is 1.71. The van der Waals surface area contributed by atoms with Gasteiger partial charge in [-0.3, -0.25) is 9.97 Å². The molecule has 0 aliphatic heterocycles. The topological polar surface area (TPSA) is 101 Å². The maximum Gasteiger partial charge on any atom is 0.329 e. The lowest BCUT2D eigenvalue weighted by Gasteiger charge is -2.22. The summed E-state index contributed by atoms with van der Waals surface area (Å²) in [5, 5.41) is 2.63. The Morgan fingerprint density at radius 1 is 0.973 bits per heavy atom. The quantitative estimate of drug-likeness (QED) is 0.355. The Labute approximate surface area is 213 Å². The van der Waals surface area contributed by atoms with Crippen molar-refractivity contribution in [2.75, 3.05) is 0 Å². The van der Waals surface area contributed by atoms with E-state index in [1.165, 1.54) is 12.3 Å². The molecule has 2 N–H and O–H groups in total. The van der Waals surface area contributed by atoms with Gasteiger partial charge in [-0.2, -0.15) is 0 Å². The lowest BCUT2D eigenvalue weighted by Crippen LogP contribution is -2.42. The van der Waals surface area contributed by atoms with E-state index >= 15 is 0 Å². The summed E-state index contributed by atoms with van der Waals surface area (Å²) in [7, 11) is -4.18. The number of nitrogens with zero attached hydrogens (tertiary/aromatic N) is 2. The van der Waals surface area contributed by atoms with E-state index in [0.29, 0.717) is 22.4 Å². The molecule has 0 radical (unpaired) electrons. The average Bonchev–Trinajstić information content (AvgIpc) is 2.83. The monoisotopic (exact) mass is 522 g/mol. The van der Waals surface area contributed by atoms with Gasteiger partial charge >= 0.3 is 6.03 Å². The number of aromatic nitrogens is 2. The molecular weight excluding hydrogens is 498 g/mol. The minimum Gasteiger partial charge on any atom is -0.329 e. The largest absolute Gasteiger partial charge is 0.329 e. The fourth-order valence-electron chi connectivity index (χ4n) is 4.04. The average molecular weight is 523 g/mol. The molecule has 0 fully saturated rings. The molecule has 10 heteroatoms. The first-order valence-corrected chi connectivity index (χ1v) is 12.8. The number of aryl methyl sites for hydroxylation is 2. The lowest BCUT2D eigenvalue weighted by molar-refractivity contribution is 0.242. The van der Waals surface area contributed by atoms with Crippen molar-refractivity contribution in [2.45, 2.75) is 31.2 Å². The van der Waals surface area contributed by atoms with E-state index in [-0.39, 0.29) is 16.9 Å². The van der Waals surface area contributed by atoms with Gasteiger partial charge in [0.1, 0.15) is 11.6 Å². The van der Waals surface area contributed by atoms with Crippen molar-refractivity contribution in [3.8, 4) is 11.1 Å². The molecular formula is C27H24F2N4O3S. The van der Waals surface area contributed by atoms with Crippen LogP contribution in [0, 0.1) is 25.5 Å². The van der Waals surface area contributed by atoms with Gasteiger partial charge in [0.2, 0.25) is 0 Å². The maximum atomic E-state index is 13.9. The minimum atomic E-state index is -4.18. The van der Waals surface area contributed by atoms with Crippen LogP contribution in [0.1, 0.15) is 28.4 Å². The second kappa shape index (κ2) is 10.8. The van der Waals surface area contributed by atoms with Crippen LogP contribution in [-0.2, 0) is 16.4 Å². The zero-order valence-corrected chi connectivity index (χ0v) is 20.9. The number of carbonyl (C=O) groups is 1. The number of sulfonamides is 1. The molecule has 37 heavy (non-hydrogen) atoms. The van der Waals surface area contributed by atoms with Gasteiger partial charge in [0.05, 0.1) is 16.6 Å². The number of rotatable bonds is 7. The van der Waals surface area contributed by atoms with Crippen LogP contribution < -0.4 is 10.0 Å². The van der Waals surface area contributed by atoms with Gasteiger partial charge in [0.15, 0.2) is 0 Å². The molecule has 1 atom stereocenters. The third-order valence-corrected chi connectivity index (χ3v) is 7.12. The van der Waals surface area contributed by atoms with Crippen LogP contribution in [0.2, 0.25) is 0 Å². The number of hydrogen-bond donors (Lipinski definition) is 2. The summed E-state index contributed by atoms with van der Waals surface area (Å²) in [6.45, 7) is 3.49. The Hall–Kier alpha value is -4.18. The highest BCUT2D eigenvalue weighted by molar-refractivity contribution is 7.90. The number of pyridine rings is 2. The normalized spacial score (nSPS) is 12.1. The van der Waals surface area contributed by atoms with E-state index in [4.69, 9.17) is 0 Å². The number of carbonyl (C=O) groups excluding carboxylic acids is 1. The highest BCUT2D eigenvalue weighted by atomic mass is 32.2. The molecule has 190 valence electrons. The molecule has 0 bridgehead atoms. The van der Waals surface area contributed by atoms with Gasteiger partial charge in [0, 0.05) is 35.8 Å². The van der Waals surface area contributed by atoms with Crippen molar-refractivity contribution in [1.82, 2.24) is 20.0 Å². The van der Waals surface area contributed by atoms with E-state index in [0.717, 1.165) is 23.8 Å². The van der Waals surface area contributed by atoms with Crippen LogP contribution in [0.3, 0.4) is 0 Å². The Morgan fingerprint density at radius 2 is 1.70 bits per heavy atom. The van der Waals surface area contributed by atoms with Crippen LogP contribution in [0.4, 0.5) is 13.6 Å². The van der Waals surface area contributed by atoms with E-state index < -0.39 is 33.7 Å². The van der Waals surface area contributed by atoms with Gasteiger partial charge < -0.3 is 5.32 Å². The van der Waals surface area contributed by atoms with Crippen molar-refractivity contribution in [3.63, 3.8) is 0 Å². The van der Waals surface area contributed by atoms with E-state index in [2.05, 4.69) is 15.3 Å². The van der Waals surface area contributed by atoms with E-state index in [1.807, 2.05) is 17.7 Å². The van der Waals surface area contributed by atoms with Crippen LogP contribution in [0.5, 0.6) is 0 Å². The number of hydrogen-bond acceptors (Lipinski definition) is 5. The van der Waals surface area contributed by atoms with Crippen LogP contribution in [-0.4, -0.2) is 24.4 Å². The van der Waals surface area contributed by atoms with Gasteiger partial charge in [-0.15, -0.1) is 0 Å². The second-order valence-electron chi connectivity index (χ2n) is 8.57. The molecule has 4 rings (SSSR count). The molecule has 2 heterocycles. The molecule has 2 aromatic carbocycles. The lowest BCUT2D eigenvalue weighted by atomic mass is 9.96. The van der Waals surface area contributed by atoms with Crippen LogP contribution in [0.15, 0.2) is 84.1 Å². The van der Waals surface area contributed by atoms with Crippen molar-refractivity contribution in [2.24, 2.45) is 0 Å². The molecule has 0 aliphatic rings. The van der Waals surface area contributed by atoms with Crippen LogP contribution in [0.25, 0.3) is 11.1 Å². The predicted molar refractivity (Wildman–Crippen MR) is 135 cm³/mol. The number of nitrogens with one attached hydrogen (secondary N) is 2. The highest BCUT2D eigenvalue weighted by Gasteiger charge is 2.25. The van der Waals surface area contributed by atoms with Crippen molar-refractivity contribution in [3.05, 3.63) is 113 Å². The number of halogens is 2. The molecule has 7 nitrogen and oxygen atoms in total. The molecule has 2 amide bonds. The summed E-state index contributed by atoms with van der Waals surface area (Å²) in [6.07, 6.45) is 4.78.